The average molecular weight is 442 g/mol. The Morgan fingerprint density at radius 2 is 2.07 bits per heavy atom. The Hall–Kier alpha value is -2.47. The Labute approximate surface area is 181 Å². The lowest BCUT2D eigenvalue weighted by Crippen LogP contribution is -2.37. The molecule has 1 radical (unpaired) electrons. The summed E-state index contributed by atoms with van der Waals surface area (Å²) in [7, 11) is -1.74. The lowest BCUT2D eigenvalue weighted by atomic mass is 10.1. The fraction of sp³-hybridized carbons (Fsp3) is 0.273. The van der Waals surface area contributed by atoms with Crippen molar-refractivity contribution in [3.05, 3.63) is 59.6 Å². The van der Waals surface area contributed by atoms with Crippen molar-refractivity contribution in [1.29, 1.82) is 0 Å². The standard InChI is InChI=1S/C22H26N4O2PS/c1-2-29(28)11-9-26(10-12-29)21-8-6-17(15-24-21)22(27)25-19-14-16(5-7-18(19)23)20-4-3-13-30-20/h3-8,13-15,28H,2,9-12,23H2,1H3,(H,25,27). The highest BCUT2D eigenvalue weighted by atomic mass is 32.1. The summed E-state index contributed by atoms with van der Waals surface area (Å²) in [4.78, 5) is 31.0. The van der Waals surface area contributed by atoms with Crippen molar-refractivity contribution >= 4 is 41.9 Å². The molecule has 1 saturated heterocycles. The van der Waals surface area contributed by atoms with Crippen molar-refractivity contribution in [3.8, 4) is 10.4 Å². The molecule has 1 fully saturated rings. The number of carbonyl (C=O) groups is 1. The van der Waals surface area contributed by atoms with Gasteiger partial charge in [0.25, 0.3) is 5.91 Å². The molecule has 0 unspecified atom stereocenters. The van der Waals surface area contributed by atoms with Crippen LogP contribution in [-0.4, -0.2) is 47.4 Å². The molecule has 0 saturated carbocycles. The van der Waals surface area contributed by atoms with Crippen LogP contribution in [-0.2, 0) is 0 Å². The number of benzene rings is 1. The van der Waals surface area contributed by atoms with Gasteiger partial charge in [0.1, 0.15) is 5.82 Å². The number of pyridine rings is 1. The van der Waals surface area contributed by atoms with Crippen LogP contribution in [0.1, 0.15) is 17.3 Å². The van der Waals surface area contributed by atoms with Gasteiger partial charge < -0.3 is 20.8 Å². The van der Waals surface area contributed by atoms with Crippen LogP contribution in [0.15, 0.2) is 54.0 Å². The van der Waals surface area contributed by atoms with Gasteiger partial charge in [-0.2, -0.15) is 0 Å². The zero-order valence-electron chi connectivity index (χ0n) is 16.9. The molecule has 0 spiro atoms. The monoisotopic (exact) mass is 441 g/mol. The van der Waals surface area contributed by atoms with E-state index in [2.05, 4.69) is 22.1 Å². The van der Waals surface area contributed by atoms with E-state index < -0.39 is 7.49 Å². The third kappa shape index (κ3) is 4.48. The van der Waals surface area contributed by atoms with E-state index in [1.165, 1.54) is 0 Å². The molecule has 8 heteroatoms. The van der Waals surface area contributed by atoms with Crippen LogP contribution in [0.3, 0.4) is 0 Å². The third-order valence-electron chi connectivity index (χ3n) is 5.60. The molecule has 1 aliphatic heterocycles. The van der Waals surface area contributed by atoms with E-state index in [1.807, 2.05) is 41.8 Å². The second-order valence-electron chi connectivity index (χ2n) is 7.48. The molecule has 0 bridgehead atoms. The number of nitrogens with zero attached hydrogens (tertiary/aromatic N) is 2. The van der Waals surface area contributed by atoms with Crippen LogP contribution in [0.2, 0.25) is 0 Å². The predicted molar refractivity (Wildman–Crippen MR) is 128 cm³/mol. The maximum atomic E-state index is 12.7. The predicted octanol–water partition coefficient (Wildman–Crippen LogP) is 4.41. The molecule has 0 aliphatic carbocycles. The summed E-state index contributed by atoms with van der Waals surface area (Å²) < 4.78 is 0. The number of amides is 1. The zero-order valence-corrected chi connectivity index (χ0v) is 18.6. The van der Waals surface area contributed by atoms with Crippen molar-refractivity contribution in [2.24, 2.45) is 0 Å². The normalized spacial score (nSPS) is 15.7. The Bertz CT molecular complexity index is 1020. The van der Waals surface area contributed by atoms with Crippen molar-refractivity contribution in [2.45, 2.75) is 6.92 Å². The van der Waals surface area contributed by atoms with Crippen molar-refractivity contribution in [3.63, 3.8) is 0 Å². The van der Waals surface area contributed by atoms with E-state index in [0.29, 0.717) is 16.9 Å². The zero-order chi connectivity index (χ0) is 21.1. The lowest BCUT2D eigenvalue weighted by molar-refractivity contribution is 0.102. The SMILES string of the molecule is CC[P]1(O)CCN(c2ccc(C(=O)Nc3cc(-c4cccs4)ccc3N)cn2)CC1. The number of hydrogen-bond donors (Lipinski definition) is 3. The summed E-state index contributed by atoms with van der Waals surface area (Å²) in [6.07, 6.45) is 4.16. The van der Waals surface area contributed by atoms with E-state index in [-0.39, 0.29) is 5.91 Å². The fourth-order valence-corrected chi connectivity index (χ4v) is 6.35. The first kappa shape index (κ1) is 20.8. The van der Waals surface area contributed by atoms with E-state index >= 15 is 0 Å². The van der Waals surface area contributed by atoms with Gasteiger partial charge in [0, 0.05) is 36.5 Å². The molecule has 3 heterocycles. The summed E-state index contributed by atoms with van der Waals surface area (Å²) in [5, 5.41) is 4.92. The first-order valence-corrected chi connectivity index (χ1v) is 13.2. The molecule has 30 heavy (non-hydrogen) atoms. The van der Waals surface area contributed by atoms with Crippen LogP contribution in [0.4, 0.5) is 17.2 Å². The van der Waals surface area contributed by atoms with Gasteiger partial charge in [-0.3, -0.25) is 4.79 Å². The van der Waals surface area contributed by atoms with Gasteiger partial charge in [-0.1, -0.05) is 19.1 Å². The molecule has 2 aromatic heterocycles. The molecule has 1 aromatic carbocycles. The van der Waals surface area contributed by atoms with Gasteiger partial charge >= 0.3 is 0 Å². The summed E-state index contributed by atoms with van der Waals surface area (Å²) >= 11 is 1.64. The number of nitrogen functional groups attached to an aromatic ring is 1. The maximum absolute atomic E-state index is 12.7. The molecular weight excluding hydrogens is 415 g/mol. The van der Waals surface area contributed by atoms with E-state index in [1.54, 1.807) is 23.6 Å². The summed E-state index contributed by atoms with van der Waals surface area (Å²) in [5.41, 5.74) is 8.68. The van der Waals surface area contributed by atoms with Crippen molar-refractivity contribution in [1.82, 2.24) is 4.98 Å². The first-order chi connectivity index (χ1) is 14.5. The van der Waals surface area contributed by atoms with Crippen LogP contribution in [0.5, 0.6) is 0 Å². The average Bonchev–Trinajstić information content (AvgIpc) is 3.31. The second-order valence-corrected chi connectivity index (χ2v) is 12.1. The highest BCUT2D eigenvalue weighted by molar-refractivity contribution is 7.70. The van der Waals surface area contributed by atoms with Gasteiger partial charge in [0.15, 0.2) is 0 Å². The van der Waals surface area contributed by atoms with Gasteiger partial charge in [-0.25, -0.2) is 4.98 Å². The quantitative estimate of drug-likeness (QED) is 0.403. The van der Waals surface area contributed by atoms with Gasteiger partial charge in [-0.15, -0.1) is 11.3 Å². The molecule has 3 aromatic rings. The third-order valence-corrected chi connectivity index (χ3v) is 9.76. The number of nitrogens with two attached hydrogens (primary N) is 1. The highest BCUT2D eigenvalue weighted by Crippen LogP contribution is 2.55. The second kappa shape index (κ2) is 8.72. The molecule has 4 rings (SSSR count). The van der Waals surface area contributed by atoms with Gasteiger partial charge in [-0.05, 0) is 54.9 Å². The van der Waals surface area contributed by atoms with Crippen LogP contribution in [0.25, 0.3) is 10.4 Å². The van der Waals surface area contributed by atoms with E-state index in [4.69, 9.17) is 5.73 Å². The van der Waals surface area contributed by atoms with Gasteiger partial charge in [0.05, 0.1) is 16.9 Å². The largest absolute Gasteiger partial charge is 0.397 e. The number of nitrogens with one attached hydrogen (secondary N) is 1. The first-order valence-electron chi connectivity index (χ1n) is 10.0. The summed E-state index contributed by atoms with van der Waals surface area (Å²) in [6, 6.07) is 13.3. The summed E-state index contributed by atoms with van der Waals surface area (Å²) in [5.74, 6) is 0.599. The minimum Gasteiger partial charge on any atom is -0.397 e. The Morgan fingerprint density at radius 3 is 2.70 bits per heavy atom. The highest BCUT2D eigenvalue weighted by Gasteiger charge is 2.29. The lowest BCUT2D eigenvalue weighted by Gasteiger charge is -2.39. The number of hydrogen-bond acceptors (Lipinski definition) is 6. The topological polar surface area (TPSA) is 91.5 Å². The Balaban J connectivity index is 1.44. The smallest absolute Gasteiger partial charge is 0.257 e. The van der Waals surface area contributed by atoms with Crippen LogP contribution >= 0.6 is 18.8 Å². The molecule has 6 nitrogen and oxygen atoms in total. The number of aromatic nitrogens is 1. The fourth-order valence-electron chi connectivity index (χ4n) is 3.55. The van der Waals surface area contributed by atoms with E-state index in [9.17, 15) is 9.69 Å². The molecular formula is C22H26N4O2PS. The molecule has 0 atom stereocenters. The number of rotatable bonds is 5. The Kier molecular flexibility index (Phi) is 6.04. The van der Waals surface area contributed by atoms with Crippen molar-refractivity contribution < 1.29 is 9.69 Å². The van der Waals surface area contributed by atoms with Crippen LogP contribution in [0, 0.1) is 0 Å². The van der Waals surface area contributed by atoms with Crippen LogP contribution < -0.4 is 16.0 Å². The minimum atomic E-state index is -1.74. The number of carbonyl (C=O) groups excluding carboxylic acids is 1. The molecule has 1 amide bonds. The molecule has 4 N–H and O–H groups in total. The Morgan fingerprint density at radius 1 is 1.27 bits per heavy atom. The molecule has 1 aliphatic rings. The number of thiophene rings is 1. The van der Waals surface area contributed by atoms with Crippen molar-refractivity contribution in [2.75, 3.05) is 47.5 Å². The number of anilines is 3. The summed E-state index contributed by atoms with van der Waals surface area (Å²) in [6.45, 7) is 3.68. The minimum absolute atomic E-state index is 0.242. The maximum Gasteiger partial charge on any atom is 0.257 e. The van der Waals surface area contributed by atoms with E-state index in [0.717, 1.165) is 47.8 Å². The van der Waals surface area contributed by atoms with Gasteiger partial charge in [0.2, 0.25) is 0 Å². The molecule has 157 valence electrons.